The fourth-order valence-corrected chi connectivity index (χ4v) is 1.18. The van der Waals surface area contributed by atoms with Crippen LogP contribution < -0.4 is 5.32 Å². The Kier molecular flexibility index (Phi) is 3.69. The van der Waals surface area contributed by atoms with Gasteiger partial charge in [-0.15, -0.1) is 11.6 Å². The second-order valence-corrected chi connectivity index (χ2v) is 4.43. The molecule has 0 radical (unpaired) electrons. The molecule has 1 amide bonds. The Morgan fingerprint density at radius 1 is 1.60 bits per heavy atom. The van der Waals surface area contributed by atoms with E-state index in [2.05, 4.69) is 10.3 Å². The Bertz CT molecular complexity index is 363. The van der Waals surface area contributed by atoms with Gasteiger partial charge in [0.1, 0.15) is 0 Å². The van der Waals surface area contributed by atoms with Crippen molar-refractivity contribution in [2.24, 2.45) is 0 Å². The maximum Gasteiger partial charge on any atom is 0.253 e. The van der Waals surface area contributed by atoms with Crippen LogP contribution in [-0.2, 0) is 0 Å². The van der Waals surface area contributed by atoms with Crippen LogP contribution in [-0.4, -0.2) is 22.3 Å². The fraction of sp³-hybridized carbons (Fsp3) is 0.455. The molecule has 0 saturated heterocycles. The van der Waals surface area contributed by atoms with Crippen LogP contribution in [0.4, 0.5) is 0 Å². The summed E-state index contributed by atoms with van der Waals surface area (Å²) >= 11 is 5.73. The zero-order chi connectivity index (χ0) is 11.5. The summed E-state index contributed by atoms with van der Waals surface area (Å²) < 4.78 is 0. The predicted octanol–water partition coefficient (Wildman–Crippen LogP) is 2.14. The monoisotopic (exact) mass is 226 g/mol. The van der Waals surface area contributed by atoms with Gasteiger partial charge in [0.05, 0.1) is 5.56 Å². The van der Waals surface area contributed by atoms with E-state index in [4.69, 9.17) is 11.6 Å². The summed E-state index contributed by atoms with van der Waals surface area (Å²) in [4.78, 5) is 15.8. The van der Waals surface area contributed by atoms with Gasteiger partial charge in [0.15, 0.2) is 0 Å². The van der Waals surface area contributed by atoms with Crippen molar-refractivity contribution in [3.8, 4) is 0 Å². The number of carbonyl (C=O) groups excluding carboxylic acids is 1. The molecule has 1 rings (SSSR count). The first-order chi connectivity index (χ1) is 6.96. The third kappa shape index (κ3) is 3.20. The van der Waals surface area contributed by atoms with Gasteiger partial charge < -0.3 is 5.32 Å². The standard InChI is InChI=1S/C11H15ClN2O/c1-8-4-5-13-6-9(8)10(15)14-11(2,3)7-12/h4-6H,7H2,1-3H3,(H,14,15). The van der Waals surface area contributed by atoms with Crippen molar-refractivity contribution in [3.63, 3.8) is 0 Å². The molecule has 0 fully saturated rings. The normalized spacial score (nSPS) is 11.2. The number of rotatable bonds is 3. The van der Waals surface area contributed by atoms with E-state index in [1.54, 1.807) is 12.4 Å². The van der Waals surface area contributed by atoms with Crippen LogP contribution in [0.1, 0.15) is 29.8 Å². The minimum Gasteiger partial charge on any atom is -0.346 e. The third-order valence-corrected chi connectivity index (χ3v) is 2.74. The Morgan fingerprint density at radius 3 is 2.80 bits per heavy atom. The quantitative estimate of drug-likeness (QED) is 0.803. The number of carbonyl (C=O) groups is 1. The van der Waals surface area contributed by atoms with Crippen LogP contribution in [0.15, 0.2) is 18.5 Å². The van der Waals surface area contributed by atoms with E-state index in [1.165, 1.54) is 0 Å². The van der Waals surface area contributed by atoms with Gasteiger partial charge in [0.2, 0.25) is 0 Å². The molecular formula is C11H15ClN2O. The highest BCUT2D eigenvalue weighted by molar-refractivity contribution is 6.18. The van der Waals surface area contributed by atoms with Crippen molar-refractivity contribution >= 4 is 17.5 Å². The maximum atomic E-state index is 11.8. The molecule has 0 saturated carbocycles. The molecule has 82 valence electrons. The second-order valence-electron chi connectivity index (χ2n) is 4.16. The van der Waals surface area contributed by atoms with Crippen molar-refractivity contribution in [1.82, 2.24) is 10.3 Å². The van der Waals surface area contributed by atoms with Crippen molar-refractivity contribution in [2.75, 3.05) is 5.88 Å². The minimum absolute atomic E-state index is 0.133. The lowest BCUT2D eigenvalue weighted by atomic mass is 10.1. The molecular weight excluding hydrogens is 212 g/mol. The highest BCUT2D eigenvalue weighted by Gasteiger charge is 2.20. The van der Waals surface area contributed by atoms with Crippen LogP contribution in [0.5, 0.6) is 0 Å². The van der Waals surface area contributed by atoms with Crippen molar-refractivity contribution in [2.45, 2.75) is 26.3 Å². The highest BCUT2D eigenvalue weighted by atomic mass is 35.5. The highest BCUT2D eigenvalue weighted by Crippen LogP contribution is 2.09. The molecule has 1 aromatic heterocycles. The lowest BCUT2D eigenvalue weighted by Crippen LogP contribution is -2.45. The lowest BCUT2D eigenvalue weighted by Gasteiger charge is -2.23. The first-order valence-electron chi connectivity index (χ1n) is 4.75. The fourth-order valence-electron chi connectivity index (χ4n) is 1.11. The smallest absolute Gasteiger partial charge is 0.253 e. The molecule has 0 unspecified atom stereocenters. The van der Waals surface area contributed by atoms with Crippen molar-refractivity contribution in [3.05, 3.63) is 29.6 Å². The summed E-state index contributed by atoms with van der Waals surface area (Å²) in [5, 5.41) is 2.85. The zero-order valence-corrected chi connectivity index (χ0v) is 9.93. The number of alkyl halides is 1. The van der Waals surface area contributed by atoms with Gasteiger partial charge in [-0.1, -0.05) is 0 Å². The molecule has 0 aliphatic heterocycles. The number of aromatic nitrogens is 1. The summed E-state index contributed by atoms with van der Waals surface area (Å²) in [7, 11) is 0. The van der Waals surface area contributed by atoms with E-state index < -0.39 is 5.54 Å². The van der Waals surface area contributed by atoms with Gasteiger partial charge in [0.25, 0.3) is 5.91 Å². The Labute approximate surface area is 94.9 Å². The predicted molar refractivity (Wildman–Crippen MR) is 61.2 cm³/mol. The molecule has 1 heterocycles. The van der Waals surface area contributed by atoms with Crippen molar-refractivity contribution < 1.29 is 4.79 Å². The molecule has 0 aromatic carbocycles. The van der Waals surface area contributed by atoms with Crippen LogP contribution in [0.25, 0.3) is 0 Å². The topological polar surface area (TPSA) is 42.0 Å². The average molecular weight is 227 g/mol. The molecule has 0 spiro atoms. The van der Waals surface area contributed by atoms with Crippen LogP contribution in [0, 0.1) is 6.92 Å². The number of amides is 1. The number of halogens is 1. The van der Waals surface area contributed by atoms with Crippen LogP contribution >= 0.6 is 11.6 Å². The largest absolute Gasteiger partial charge is 0.346 e. The SMILES string of the molecule is Cc1ccncc1C(=O)NC(C)(C)CCl. The van der Waals surface area contributed by atoms with Gasteiger partial charge in [0, 0.05) is 23.8 Å². The number of nitrogens with zero attached hydrogens (tertiary/aromatic N) is 1. The van der Waals surface area contributed by atoms with Crippen LogP contribution in [0.2, 0.25) is 0 Å². The minimum atomic E-state index is -0.402. The molecule has 0 aliphatic rings. The first kappa shape index (κ1) is 12.0. The zero-order valence-electron chi connectivity index (χ0n) is 9.17. The number of hydrogen-bond acceptors (Lipinski definition) is 2. The van der Waals surface area contributed by atoms with Gasteiger partial charge in [-0.3, -0.25) is 9.78 Å². The molecule has 15 heavy (non-hydrogen) atoms. The maximum absolute atomic E-state index is 11.8. The van der Waals surface area contributed by atoms with E-state index in [0.717, 1.165) is 5.56 Å². The summed E-state index contributed by atoms with van der Waals surface area (Å²) in [5.74, 6) is 0.240. The van der Waals surface area contributed by atoms with E-state index >= 15 is 0 Å². The van der Waals surface area contributed by atoms with Crippen molar-refractivity contribution in [1.29, 1.82) is 0 Å². The van der Waals surface area contributed by atoms with Gasteiger partial charge in [-0.05, 0) is 32.4 Å². The molecule has 0 atom stereocenters. The van der Waals surface area contributed by atoms with Gasteiger partial charge in [-0.2, -0.15) is 0 Å². The van der Waals surface area contributed by atoms with Crippen LogP contribution in [0.3, 0.4) is 0 Å². The molecule has 1 N–H and O–H groups in total. The summed E-state index contributed by atoms with van der Waals surface area (Å²) in [6.45, 7) is 5.64. The molecule has 3 nitrogen and oxygen atoms in total. The van der Waals surface area contributed by atoms with E-state index in [0.29, 0.717) is 11.4 Å². The molecule has 1 aromatic rings. The van der Waals surface area contributed by atoms with E-state index in [1.807, 2.05) is 26.8 Å². The number of pyridine rings is 1. The Balaban J connectivity index is 2.83. The van der Waals surface area contributed by atoms with Gasteiger partial charge in [-0.25, -0.2) is 0 Å². The number of nitrogens with one attached hydrogen (secondary N) is 1. The Morgan fingerprint density at radius 2 is 2.27 bits per heavy atom. The van der Waals surface area contributed by atoms with Gasteiger partial charge >= 0.3 is 0 Å². The lowest BCUT2D eigenvalue weighted by molar-refractivity contribution is 0.0919. The average Bonchev–Trinajstić information content (AvgIpc) is 2.17. The molecule has 0 aliphatic carbocycles. The molecule has 0 bridgehead atoms. The first-order valence-corrected chi connectivity index (χ1v) is 5.29. The summed E-state index contributed by atoms with van der Waals surface area (Å²) in [6, 6.07) is 1.81. The number of aryl methyl sites for hydroxylation is 1. The third-order valence-electron chi connectivity index (χ3n) is 2.07. The Hall–Kier alpha value is -1.09. The second kappa shape index (κ2) is 4.62. The molecule has 4 heteroatoms. The summed E-state index contributed by atoms with van der Waals surface area (Å²) in [6.07, 6.45) is 3.23. The summed E-state index contributed by atoms with van der Waals surface area (Å²) in [5.41, 5.74) is 1.10. The number of hydrogen-bond donors (Lipinski definition) is 1. The van der Waals surface area contributed by atoms with E-state index in [-0.39, 0.29) is 5.91 Å². The van der Waals surface area contributed by atoms with E-state index in [9.17, 15) is 4.79 Å².